The van der Waals surface area contributed by atoms with Crippen molar-refractivity contribution in [3.63, 3.8) is 0 Å². The van der Waals surface area contributed by atoms with Gasteiger partial charge in [-0.15, -0.1) is 0 Å². The van der Waals surface area contributed by atoms with Crippen LogP contribution in [-0.4, -0.2) is 35.9 Å². The minimum Gasteiger partial charge on any atom is -0.370 e. The van der Waals surface area contributed by atoms with E-state index in [1.807, 2.05) is 13.8 Å². The zero-order valence-corrected chi connectivity index (χ0v) is 12.5. The van der Waals surface area contributed by atoms with Crippen molar-refractivity contribution in [1.29, 1.82) is 0 Å². The molecule has 1 saturated carbocycles. The fourth-order valence-electron chi connectivity index (χ4n) is 1.94. The van der Waals surface area contributed by atoms with Crippen LogP contribution in [0.4, 0.5) is 5.82 Å². The maximum Gasteiger partial charge on any atom is 0.251 e. The average Bonchev–Trinajstić information content (AvgIpc) is 3.28. The van der Waals surface area contributed by atoms with Gasteiger partial charge in [-0.1, -0.05) is 6.92 Å². The predicted molar refractivity (Wildman–Crippen MR) is 81.3 cm³/mol. The monoisotopic (exact) mass is 290 g/mol. The molecule has 0 radical (unpaired) electrons. The van der Waals surface area contributed by atoms with E-state index in [4.69, 9.17) is 0 Å². The van der Waals surface area contributed by atoms with Gasteiger partial charge in [0.25, 0.3) is 5.91 Å². The molecule has 3 N–H and O–H groups in total. The number of amides is 2. The Balaban J connectivity index is 1.96. The molecule has 0 saturated heterocycles. The number of pyridine rings is 1. The number of carbonyl (C=O) groups excluding carboxylic acids is 2. The molecule has 1 aromatic heterocycles. The van der Waals surface area contributed by atoms with E-state index < -0.39 is 0 Å². The van der Waals surface area contributed by atoms with Crippen molar-refractivity contribution in [2.75, 3.05) is 18.4 Å². The van der Waals surface area contributed by atoms with Gasteiger partial charge in [-0.2, -0.15) is 0 Å². The highest BCUT2D eigenvalue weighted by atomic mass is 16.2. The van der Waals surface area contributed by atoms with Gasteiger partial charge in [0, 0.05) is 23.8 Å². The van der Waals surface area contributed by atoms with Crippen LogP contribution in [0, 0.1) is 0 Å². The first-order chi connectivity index (χ1) is 10.1. The molecule has 1 aliphatic rings. The minimum atomic E-state index is -0.253. The Bertz CT molecular complexity index is 526. The van der Waals surface area contributed by atoms with Crippen LogP contribution in [0.2, 0.25) is 0 Å². The Morgan fingerprint density at radius 2 is 2.05 bits per heavy atom. The van der Waals surface area contributed by atoms with Gasteiger partial charge in [0.15, 0.2) is 0 Å². The van der Waals surface area contributed by atoms with Crippen LogP contribution in [-0.2, 0) is 11.2 Å². The fraction of sp³-hybridized carbons (Fsp3) is 0.533. The van der Waals surface area contributed by atoms with E-state index in [-0.39, 0.29) is 18.4 Å². The Labute approximate surface area is 124 Å². The molecule has 1 aromatic rings. The molecule has 114 valence electrons. The largest absolute Gasteiger partial charge is 0.370 e. The van der Waals surface area contributed by atoms with Crippen molar-refractivity contribution in [2.45, 2.75) is 39.2 Å². The van der Waals surface area contributed by atoms with Crippen molar-refractivity contribution in [3.05, 3.63) is 23.4 Å². The Kier molecular flexibility index (Phi) is 5.14. The van der Waals surface area contributed by atoms with Gasteiger partial charge in [0.1, 0.15) is 5.82 Å². The second kappa shape index (κ2) is 7.06. The van der Waals surface area contributed by atoms with E-state index >= 15 is 0 Å². The highest BCUT2D eigenvalue weighted by Crippen LogP contribution is 2.18. The van der Waals surface area contributed by atoms with Gasteiger partial charge >= 0.3 is 0 Å². The van der Waals surface area contributed by atoms with E-state index in [0.717, 1.165) is 31.5 Å². The van der Waals surface area contributed by atoms with E-state index in [1.165, 1.54) is 0 Å². The molecule has 2 rings (SSSR count). The number of hydrogen-bond donors (Lipinski definition) is 3. The maximum atomic E-state index is 12.1. The van der Waals surface area contributed by atoms with E-state index in [9.17, 15) is 9.59 Å². The summed E-state index contributed by atoms with van der Waals surface area (Å²) in [6.07, 6.45) is 2.83. The maximum absolute atomic E-state index is 12.1. The second-order valence-electron chi connectivity index (χ2n) is 5.14. The molecule has 0 aromatic carbocycles. The van der Waals surface area contributed by atoms with E-state index in [2.05, 4.69) is 20.9 Å². The molecular formula is C15H22N4O2. The molecule has 6 heteroatoms. The lowest BCUT2D eigenvalue weighted by Gasteiger charge is -2.09. The summed E-state index contributed by atoms with van der Waals surface area (Å²) in [5, 5.41) is 8.59. The molecular weight excluding hydrogens is 268 g/mol. The summed E-state index contributed by atoms with van der Waals surface area (Å²) < 4.78 is 0. The third kappa shape index (κ3) is 4.73. The quantitative estimate of drug-likeness (QED) is 0.702. The van der Waals surface area contributed by atoms with Gasteiger partial charge in [0.05, 0.1) is 6.54 Å². The zero-order chi connectivity index (χ0) is 15.2. The summed E-state index contributed by atoms with van der Waals surface area (Å²) in [5.74, 6) is 0.296. The topological polar surface area (TPSA) is 83.1 Å². The van der Waals surface area contributed by atoms with Gasteiger partial charge < -0.3 is 16.0 Å². The molecule has 0 bridgehead atoms. The lowest BCUT2D eigenvalue weighted by atomic mass is 10.2. The Hall–Kier alpha value is -2.11. The SMILES string of the molecule is CCNc1cc(C(=O)NCC(=O)NC2CC2)cc(CC)n1. The molecule has 2 amide bonds. The van der Waals surface area contributed by atoms with Gasteiger partial charge in [-0.3, -0.25) is 9.59 Å². The summed E-state index contributed by atoms with van der Waals surface area (Å²) in [4.78, 5) is 28.1. The molecule has 1 aliphatic carbocycles. The molecule has 6 nitrogen and oxygen atoms in total. The zero-order valence-electron chi connectivity index (χ0n) is 12.5. The molecule has 0 atom stereocenters. The lowest BCUT2D eigenvalue weighted by Crippen LogP contribution is -2.37. The molecule has 0 aliphatic heterocycles. The first-order valence-electron chi connectivity index (χ1n) is 7.44. The van der Waals surface area contributed by atoms with Crippen molar-refractivity contribution in [2.24, 2.45) is 0 Å². The fourth-order valence-corrected chi connectivity index (χ4v) is 1.94. The van der Waals surface area contributed by atoms with Crippen LogP contribution in [0.15, 0.2) is 12.1 Å². The predicted octanol–water partition coefficient (Wildman–Crippen LogP) is 1.08. The van der Waals surface area contributed by atoms with Gasteiger partial charge in [-0.05, 0) is 38.3 Å². The van der Waals surface area contributed by atoms with Crippen LogP contribution in [0.1, 0.15) is 42.7 Å². The van der Waals surface area contributed by atoms with Crippen molar-refractivity contribution >= 4 is 17.6 Å². The average molecular weight is 290 g/mol. The highest BCUT2D eigenvalue weighted by Gasteiger charge is 2.23. The summed E-state index contributed by atoms with van der Waals surface area (Å²) in [6.45, 7) is 4.71. The van der Waals surface area contributed by atoms with Crippen LogP contribution in [0.3, 0.4) is 0 Å². The lowest BCUT2D eigenvalue weighted by molar-refractivity contribution is -0.120. The summed E-state index contributed by atoms with van der Waals surface area (Å²) in [7, 11) is 0. The van der Waals surface area contributed by atoms with Crippen LogP contribution in [0.25, 0.3) is 0 Å². The summed E-state index contributed by atoms with van der Waals surface area (Å²) in [5.41, 5.74) is 1.37. The van der Waals surface area contributed by atoms with Crippen molar-refractivity contribution < 1.29 is 9.59 Å². The normalized spacial score (nSPS) is 13.6. The summed E-state index contributed by atoms with van der Waals surface area (Å²) >= 11 is 0. The number of anilines is 1. The number of rotatable bonds is 7. The molecule has 1 heterocycles. The van der Waals surface area contributed by atoms with Gasteiger partial charge in [0.2, 0.25) is 5.91 Å². The van der Waals surface area contributed by atoms with Crippen LogP contribution < -0.4 is 16.0 Å². The first-order valence-corrected chi connectivity index (χ1v) is 7.44. The van der Waals surface area contributed by atoms with Crippen molar-refractivity contribution in [3.8, 4) is 0 Å². The van der Waals surface area contributed by atoms with Crippen LogP contribution in [0.5, 0.6) is 0 Å². The number of aryl methyl sites for hydroxylation is 1. The van der Waals surface area contributed by atoms with Crippen molar-refractivity contribution in [1.82, 2.24) is 15.6 Å². The van der Waals surface area contributed by atoms with E-state index in [1.54, 1.807) is 12.1 Å². The van der Waals surface area contributed by atoms with Gasteiger partial charge in [-0.25, -0.2) is 4.98 Å². The van der Waals surface area contributed by atoms with E-state index in [0.29, 0.717) is 17.4 Å². The first kappa shape index (κ1) is 15.3. The molecule has 0 spiro atoms. The smallest absolute Gasteiger partial charge is 0.251 e. The number of nitrogens with one attached hydrogen (secondary N) is 3. The standard InChI is InChI=1S/C15H22N4O2/c1-3-11-7-10(8-13(18-11)16-4-2)15(21)17-9-14(20)19-12-5-6-12/h7-8,12H,3-6,9H2,1-2H3,(H,16,18)(H,17,21)(H,19,20). The molecule has 0 unspecified atom stereocenters. The number of carbonyl (C=O) groups is 2. The summed E-state index contributed by atoms with van der Waals surface area (Å²) in [6, 6.07) is 3.77. The molecule has 1 fully saturated rings. The minimum absolute atomic E-state index is 0.00958. The second-order valence-corrected chi connectivity index (χ2v) is 5.14. The van der Waals surface area contributed by atoms with Crippen LogP contribution >= 0.6 is 0 Å². The Morgan fingerprint density at radius 1 is 1.29 bits per heavy atom. The number of aromatic nitrogens is 1. The molecule has 21 heavy (non-hydrogen) atoms. The number of nitrogens with zero attached hydrogens (tertiary/aromatic N) is 1. The third-order valence-corrected chi connectivity index (χ3v) is 3.21. The third-order valence-electron chi connectivity index (χ3n) is 3.21. The number of hydrogen-bond acceptors (Lipinski definition) is 4. The highest BCUT2D eigenvalue weighted by molar-refractivity contribution is 5.97. The Morgan fingerprint density at radius 3 is 2.67 bits per heavy atom.